The number of fused-ring (bicyclic) bond motifs is 1. The molecular weight excluding hydrogens is 272 g/mol. The Morgan fingerprint density at radius 2 is 1.82 bits per heavy atom. The molecule has 2 aromatic rings. The molecule has 0 saturated carbocycles. The molecular formula is C20H22O2. The first-order valence-corrected chi connectivity index (χ1v) is 8.04. The molecule has 1 atom stereocenters. The number of carbonyl (C=O) groups is 1. The Balaban J connectivity index is 1.84. The first-order valence-electron chi connectivity index (χ1n) is 8.04. The molecule has 0 spiro atoms. The predicted molar refractivity (Wildman–Crippen MR) is 88.2 cm³/mol. The second-order valence-electron chi connectivity index (χ2n) is 6.22. The van der Waals surface area contributed by atoms with Gasteiger partial charge in [-0.15, -0.1) is 0 Å². The van der Waals surface area contributed by atoms with Gasteiger partial charge in [0.2, 0.25) is 0 Å². The van der Waals surface area contributed by atoms with E-state index in [1.165, 1.54) is 36.0 Å². The summed E-state index contributed by atoms with van der Waals surface area (Å²) in [4.78, 5) is 11.9. The van der Waals surface area contributed by atoms with E-state index in [-0.39, 0.29) is 12.1 Å². The normalized spacial score (nSPS) is 17.1. The van der Waals surface area contributed by atoms with Crippen LogP contribution < -0.4 is 0 Å². The molecule has 0 amide bonds. The summed E-state index contributed by atoms with van der Waals surface area (Å²) in [6, 6.07) is 16.6. The molecule has 1 aliphatic rings. The highest BCUT2D eigenvalue weighted by atomic mass is 16.5. The Kier molecular flexibility index (Phi) is 4.28. The van der Waals surface area contributed by atoms with Crippen LogP contribution in [-0.4, -0.2) is 12.1 Å². The number of aryl methyl sites for hydroxylation is 1. The van der Waals surface area contributed by atoms with Crippen molar-refractivity contribution >= 4 is 5.97 Å². The van der Waals surface area contributed by atoms with Crippen molar-refractivity contribution in [3.05, 3.63) is 70.8 Å². The molecule has 0 radical (unpaired) electrons. The summed E-state index contributed by atoms with van der Waals surface area (Å²) in [6.45, 7) is 3.73. The van der Waals surface area contributed by atoms with Crippen molar-refractivity contribution in [2.45, 2.75) is 45.1 Å². The van der Waals surface area contributed by atoms with Gasteiger partial charge in [0.1, 0.15) is 0 Å². The third-order valence-electron chi connectivity index (χ3n) is 4.26. The average Bonchev–Trinajstić information content (AvgIpc) is 2.54. The lowest BCUT2D eigenvalue weighted by Crippen LogP contribution is -2.13. The van der Waals surface area contributed by atoms with Crippen LogP contribution in [-0.2, 0) is 11.2 Å². The molecule has 0 bridgehead atoms. The zero-order valence-electron chi connectivity index (χ0n) is 13.2. The van der Waals surface area contributed by atoms with Crippen LogP contribution in [0.25, 0.3) is 0 Å². The van der Waals surface area contributed by atoms with E-state index in [4.69, 9.17) is 4.74 Å². The van der Waals surface area contributed by atoms with Crippen LogP contribution >= 0.6 is 0 Å². The molecule has 2 aromatic carbocycles. The SMILES string of the molecule is CC(C)OC(=O)c1ccc(C2CCCc3ccccc32)cc1. The maximum absolute atomic E-state index is 11.9. The van der Waals surface area contributed by atoms with Crippen molar-refractivity contribution in [3.8, 4) is 0 Å². The summed E-state index contributed by atoms with van der Waals surface area (Å²) >= 11 is 0. The number of rotatable bonds is 3. The van der Waals surface area contributed by atoms with Gasteiger partial charge >= 0.3 is 5.97 Å². The standard InChI is InChI=1S/C20H22O2/c1-14(2)22-20(21)17-12-10-16(11-13-17)19-9-5-7-15-6-3-4-8-18(15)19/h3-4,6,8,10-14,19H,5,7,9H2,1-2H3. The van der Waals surface area contributed by atoms with Gasteiger partial charge in [-0.1, -0.05) is 36.4 Å². The Bertz CT molecular complexity index is 656. The second kappa shape index (κ2) is 6.35. The van der Waals surface area contributed by atoms with Crippen LogP contribution in [0.5, 0.6) is 0 Å². The number of ether oxygens (including phenoxy) is 1. The summed E-state index contributed by atoms with van der Waals surface area (Å²) in [5, 5.41) is 0. The quantitative estimate of drug-likeness (QED) is 0.766. The molecule has 3 rings (SSSR count). The fourth-order valence-electron chi connectivity index (χ4n) is 3.23. The van der Waals surface area contributed by atoms with Crippen LogP contribution in [0.3, 0.4) is 0 Å². The second-order valence-corrected chi connectivity index (χ2v) is 6.22. The van der Waals surface area contributed by atoms with Gasteiger partial charge in [-0.3, -0.25) is 0 Å². The Labute approximate surface area is 132 Å². The van der Waals surface area contributed by atoms with Crippen molar-refractivity contribution in [2.75, 3.05) is 0 Å². The number of carbonyl (C=O) groups excluding carboxylic acids is 1. The molecule has 22 heavy (non-hydrogen) atoms. The fraction of sp³-hybridized carbons (Fsp3) is 0.350. The molecule has 2 heteroatoms. The maximum Gasteiger partial charge on any atom is 0.338 e. The minimum absolute atomic E-state index is 0.0857. The Hall–Kier alpha value is -2.09. The van der Waals surface area contributed by atoms with E-state index >= 15 is 0 Å². The first-order chi connectivity index (χ1) is 10.6. The van der Waals surface area contributed by atoms with Crippen LogP contribution in [0.15, 0.2) is 48.5 Å². The summed E-state index contributed by atoms with van der Waals surface area (Å²) < 4.78 is 5.24. The minimum atomic E-state index is -0.245. The van der Waals surface area contributed by atoms with Crippen molar-refractivity contribution in [1.29, 1.82) is 0 Å². The number of hydrogen-bond donors (Lipinski definition) is 0. The van der Waals surface area contributed by atoms with E-state index in [2.05, 4.69) is 36.4 Å². The third kappa shape index (κ3) is 3.06. The lowest BCUT2D eigenvalue weighted by Gasteiger charge is -2.26. The lowest BCUT2D eigenvalue weighted by molar-refractivity contribution is 0.0378. The molecule has 0 saturated heterocycles. The maximum atomic E-state index is 11.9. The van der Waals surface area contributed by atoms with Gasteiger partial charge in [0.25, 0.3) is 0 Å². The van der Waals surface area contributed by atoms with Crippen LogP contribution in [0.1, 0.15) is 59.7 Å². The van der Waals surface area contributed by atoms with Crippen molar-refractivity contribution in [1.82, 2.24) is 0 Å². The highest BCUT2D eigenvalue weighted by Crippen LogP contribution is 2.36. The van der Waals surface area contributed by atoms with E-state index in [9.17, 15) is 4.79 Å². The van der Waals surface area contributed by atoms with Gasteiger partial charge in [0.05, 0.1) is 11.7 Å². The van der Waals surface area contributed by atoms with Crippen molar-refractivity contribution in [2.24, 2.45) is 0 Å². The fourth-order valence-corrected chi connectivity index (χ4v) is 3.23. The molecule has 0 N–H and O–H groups in total. The molecule has 0 heterocycles. The highest BCUT2D eigenvalue weighted by Gasteiger charge is 2.21. The highest BCUT2D eigenvalue weighted by molar-refractivity contribution is 5.89. The lowest BCUT2D eigenvalue weighted by atomic mass is 9.79. The van der Waals surface area contributed by atoms with E-state index in [1.807, 2.05) is 26.0 Å². The van der Waals surface area contributed by atoms with Gasteiger partial charge in [0.15, 0.2) is 0 Å². The smallest absolute Gasteiger partial charge is 0.338 e. The average molecular weight is 294 g/mol. The summed E-state index contributed by atoms with van der Waals surface area (Å²) in [6.07, 6.45) is 3.48. The summed E-state index contributed by atoms with van der Waals surface area (Å²) in [5.74, 6) is 0.200. The van der Waals surface area contributed by atoms with E-state index in [1.54, 1.807) is 0 Å². The van der Waals surface area contributed by atoms with Crippen molar-refractivity contribution < 1.29 is 9.53 Å². The Morgan fingerprint density at radius 3 is 2.55 bits per heavy atom. The van der Waals surface area contributed by atoms with Crippen molar-refractivity contribution in [3.63, 3.8) is 0 Å². The third-order valence-corrected chi connectivity index (χ3v) is 4.26. The molecule has 1 unspecified atom stereocenters. The Morgan fingerprint density at radius 1 is 1.09 bits per heavy atom. The molecule has 2 nitrogen and oxygen atoms in total. The van der Waals surface area contributed by atoms with E-state index in [0.29, 0.717) is 11.5 Å². The van der Waals surface area contributed by atoms with Gasteiger partial charge in [0, 0.05) is 5.92 Å². The topological polar surface area (TPSA) is 26.3 Å². The zero-order chi connectivity index (χ0) is 15.5. The van der Waals surface area contributed by atoms with Gasteiger partial charge in [-0.2, -0.15) is 0 Å². The van der Waals surface area contributed by atoms with Gasteiger partial charge in [-0.05, 0) is 61.9 Å². The summed E-state index contributed by atoms with van der Waals surface area (Å²) in [5.41, 5.74) is 4.81. The molecule has 0 aliphatic heterocycles. The van der Waals surface area contributed by atoms with Crippen LogP contribution in [0.2, 0.25) is 0 Å². The first kappa shape index (κ1) is 14.8. The monoisotopic (exact) mass is 294 g/mol. The summed E-state index contributed by atoms with van der Waals surface area (Å²) in [7, 11) is 0. The van der Waals surface area contributed by atoms with Gasteiger partial charge < -0.3 is 4.74 Å². The van der Waals surface area contributed by atoms with Crippen LogP contribution in [0, 0.1) is 0 Å². The molecule has 0 fully saturated rings. The van der Waals surface area contributed by atoms with E-state index in [0.717, 1.165) is 0 Å². The minimum Gasteiger partial charge on any atom is -0.459 e. The number of benzene rings is 2. The largest absolute Gasteiger partial charge is 0.459 e. The molecule has 1 aliphatic carbocycles. The number of hydrogen-bond acceptors (Lipinski definition) is 2. The van der Waals surface area contributed by atoms with Gasteiger partial charge in [-0.25, -0.2) is 4.79 Å². The van der Waals surface area contributed by atoms with E-state index < -0.39 is 0 Å². The molecule has 114 valence electrons. The van der Waals surface area contributed by atoms with Crippen LogP contribution in [0.4, 0.5) is 0 Å². The molecule has 0 aromatic heterocycles. The zero-order valence-corrected chi connectivity index (χ0v) is 13.2. The predicted octanol–water partition coefficient (Wildman–Crippen LogP) is 4.72. The number of esters is 1.